The van der Waals surface area contributed by atoms with E-state index in [2.05, 4.69) is 34.6 Å². The van der Waals surface area contributed by atoms with Gasteiger partial charge < -0.3 is 14.8 Å². The summed E-state index contributed by atoms with van der Waals surface area (Å²) in [7, 11) is 1.64. The van der Waals surface area contributed by atoms with E-state index in [9.17, 15) is 9.59 Å². The molecule has 2 heterocycles. The molecule has 0 radical (unpaired) electrons. The molecule has 39 heavy (non-hydrogen) atoms. The maximum absolute atomic E-state index is 12.9. The van der Waals surface area contributed by atoms with Gasteiger partial charge in [0.25, 0.3) is 5.91 Å². The molecule has 0 aliphatic carbocycles. The number of nitrogens with zero attached hydrogens (tertiary/aromatic N) is 3. The lowest BCUT2D eigenvalue weighted by Crippen LogP contribution is -2.25. The van der Waals surface area contributed by atoms with Crippen LogP contribution in [0.5, 0.6) is 11.5 Å². The van der Waals surface area contributed by atoms with Crippen LogP contribution in [-0.4, -0.2) is 46.7 Å². The second kappa shape index (κ2) is 11.7. The number of thioether (sulfide) groups is 1. The zero-order chi connectivity index (χ0) is 27.4. The first kappa shape index (κ1) is 26.5. The third-order valence-electron chi connectivity index (χ3n) is 6.54. The molecule has 0 bridgehead atoms. The minimum absolute atomic E-state index is 0.0157. The predicted octanol–water partition coefficient (Wildman–Crippen LogP) is 5.58. The zero-order valence-electron chi connectivity index (χ0n) is 22.1. The standard InChI is InChI=1S/C30H30N4O4S/c1-4-38-24-15-11-22(12-16-24)31-28(35)18-27-29(36)32-30(39-27)34-26(21-7-5-19(2)6-8-21)17-25(33-34)20-9-13-23(37-3)14-10-20/h5-16,26-27H,4,17-18H2,1-3H3,(H,31,35)/t26-,27-/m0/s1. The van der Waals surface area contributed by atoms with E-state index >= 15 is 0 Å². The van der Waals surface area contributed by atoms with Gasteiger partial charge in [0.1, 0.15) is 16.7 Å². The molecule has 1 N–H and O–H groups in total. The van der Waals surface area contributed by atoms with Crippen molar-refractivity contribution in [2.45, 2.75) is 38.0 Å². The molecule has 8 nitrogen and oxygen atoms in total. The molecule has 3 aromatic rings. The molecule has 0 unspecified atom stereocenters. The van der Waals surface area contributed by atoms with Crippen molar-refractivity contribution in [2.24, 2.45) is 10.1 Å². The summed E-state index contributed by atoms with van der Waals surface area (Å²) in [6.07, 6.45) is 0.674. The highest BCUT2D eigenvalue weighted by Gasteiger charge is 2.39. The van der Waals surface area contributed by atoms with E-state index in [1.165, 1.54) is 17.3 Å². The highest BCUT2D eigenvalue weighted by molar-refractivity contribution is 8.15. The summed E-state index contributed by atoms with van der Waals surface area (Å²) >= 11 is 1.29. The highest BCUT2D eigenvalue weighted by Crippen LogP contribution is 2.39. The maximum Gasteiger partial charge on any atom is 0.262 e. The number of aliphatic imine (C=N–C) groups is 1. The number of aryl methyl sites for hydroxylation is 1. The highest BCUT2D eigenvalue weighted by atomic mass is 32.2. The number of hydrogen-bond acceptors (Lipinski definition) is 7. The van der Waals surface area contributed by atoms with Crippen LogP contribution in [0.2, 0.25) is 0 Å². The Bertz CT molecular complexity index is 1400. The molecule has 9 heteroatoms. The first-order chi connectivity index (χ1) is 18.9. The molecule has 0 spiro atoms. The number of nitrogens with one attached hydrogen (secondary N) is 1. The Morgan fingerprint density at radius 1 is 1.03 bits per heavy atom. The number of carbonyl (C=O) groups is 2. The van der Waals surface area contributed by atoms with Gasteiger partial charge in [-0.05, 0) is 73.5 Å². The summed E-state index contributed by atoms with van der Waals surface area (Å²) in [5.74, 6) is 0.934. The Morgan fingerprint density at radius 3 is 2.38 bits per heavy atom. The molecular formula is C30H30N4O4S. The average molecular weight is 543 g/mol. The van der Waals surface area contributed by atoms with E-state index in [0.717, 1.165) is 28.3 Å². The van der Waals surface area contributed by atoms with E-state index in [4.69, 9.17) is 14.6 Å². The van der Waals surface area contributed by atoms with Gasteiger partial charge in [-0.25, -0.2) is 5.01 Å². The summed E-state index contributed by atoms with van der Waals surface area (Å²) in [5.41, 5.74) is 4.78. The Hall–Kier alpha value is -4.11. The van der Waals surface area contributed by atoms with Crippen LogP contribution in [0.4, 0.5) is 5.69 Å². The number of carbonyl (C=O) groups excluding carboxylic acids is 2. The summed E-state index contributed by atoms with van der Waals surface area (Å²) in [6.45, 7) is 4.54. The Kier molecular flexibility index (Phi) is 7.97. The van der Waals surface area contributed by atoms with Gasteiger partial charge in [0, 0.05) is 18.5 Å². The van der Waals surface area contributed by atoms with Gasteiger partial charge in [0.2, 0.25) is 5.91 Å². The lowest BCUT2D eigenvalue weighted by atomic mass is 9.98. The number of hydrazone groups is 1. The molecule has 3 aromatic carbocycles. The SMILES string of the molecule is CCOc1ccc(NC(=O)C[C@@H]2SC(N3N=C(c4ccc(OC)cc4)C[C@H]3c3ccc(C)cc3)=NC2=O)cc1. The number of rotatable bonds is 8. The Balaban J connectivity index is 1.31. The Labute approximate surface area is 232 Å². The van der Waals surface area contributed by atoms with Crippen molar-refractivity contribution in [3.05, 3.63) is 89.5 Å². The van der Waals surface area contributed by atoms with Crippen LogP contribution in [0, 0.1) is 6.92 Å². The lowest BCUT2D eigenvalue weighted by Gasteiger charge is -2.23. The summed E-state index contributed by atoms with van der Waals surface area (Å²) in [4.78, 5) is 29.9. The molecule has 2 aliphatic rings. The van der Waals surface area contributed by atoms with Gasteiger partial charge in [-0.2, -0.15) is 10.1 Å². The van der Waals surface area contributed by atoms with Crippen molar-refractivity contribution < 1.29 is 19.1 Å². The van der Waals surface area contributed by atoms with Gasteiger partial charge in [0.05, 0.1) is 25.5 Å². The van der Waals surface area contributed by atoms with Crippen LogP contribution in [-0.2, 0) is 9.59 Å². The van der Waals surface area contributed by atoms with Crippen LogP contribution in [0.25, 0.3) is 0 Å². The number of amidine groups is 1. The second-order valence-electron chi connectivity index (χ2n) is 9.30. The normalized spacial score (nSPS) is 18.5. The van der Waals surface area contributed by atoms with Crippen molar-refractivity contribution in [1.29, 1.82) is 0 Å². The van der Waals surface area contributed by atoms with Gasteiger partial charge >= 0.3 is 0 Å². The minimum Gasteiger partial charge on any atom is -0.497 e. The first-order valence-electron chi connectivity index (χ1n) is 12.8. The third kappa shape index (κ3) is 6.15. The maximum atomic E-state index is 12.9. The van der Waals surface area contributed by atoms with Gasteiger partial charge in [0.15, 0.2) is 5.17 Å². The molecule has 5 rings (SSSR count). The third-order valence-corrected chi connectivity index (χ3v) is 7.68. The summed E-state index contributed by atoms with van der Waals surface area (Å²) in [5, 5.41) is 9.49. The first-order valence-corrected chi connectivity index (χ1v) is 13.7. The monoisotopic (exact) mass is 542 g/mol. The van der Waals surface area contributed by atoms with Crippen LogP contribution in [0.1, 0.15) is 42.5 Å². The van der Waals surface area contributed by atoms with E-state index in [1.807, 2.05) is 43.1 Å². The minimum atomic E-state index is -0.610. The molecule has 0 aromatic heterocycles. The molecule has 2 atom stereocenters. The number of hydrogen-bond donors (Lipinski definition) is 1. The van der Waals surface area contributed by atoms with Gasteiger partial charge in [-0.1, -0.05) is 41.6 Å². The van der Waals surface area contributed by atoms with Gasteiger partial charge in [-0.15, -0.1) is 0 Å². The largest absolute Gasteiger partial charge is 0.497 e. The average Bonchev–Trinajstić information content (AvgIpc) is 3.54. The van der Waals surface area contributed by atoms with Crippen molar-refractivity contribution in [1.82, 2.24) is 5.01 Å². The van der Waals surface area contributed by atoms with Crippen molar-refractivity contribution in [2.75, 3.05) is 19.0 Å². The fourth-order valence-corrected chi connectivity index (χ4v) is 5.54. The van der Waals surface area contributed by atoms with E-state index in [0.29, 0.717) is 23.9 Å². The fourth-order valence-electron chi connectivity index (χ4n) is 4.48. The van der Waals surface area contributed by atoms with E-state index in [1.54, 1.807) is 31.4 Å². The number of anilines is 1. The molecule has 0 saturated carbocycles. The van der Waals surface area contributed by atoms with Crippen molar-refractivity contribution >= 4 is 40.1 Å². The quantitative estimate of drug-likeness (QED) is 0.400. The predicted molar refractivity (Wildman–Crippen MR) is 155 cm³/mol. The van der Waals surface area contributed by atoms with Crippen LogP contribution >= 0.6 is 11.8 Å². The van der Waals surface area contributed by atoms with Gasteiger partial charge in [-0.3, -0.25) is 9.59 Å². The molecule has 0 saturated heterocycles. The fraction of sp³-hybridized carbons (Fsp3) is 0.267. The molecule has 2 amide bonds. The van der Waals surface area contributed by atoms with Crippen LogP contribution in [0.3, 0.4) is 0 Å². The Morgan fingerprint density at radius 2 is 1.72 bits per heavy atom. The number of amides is 2. The topological polar surface area (TPSA) is 92.6 Å². The van der Waals surface area contributed by atoms with Crippen molar-refractivity contribution in [3.8, 4) is 11.5 Å². The molecule has 200 valence electrons. The second-order valence-corrected chi connectivity index (χ2v) is 10.5. The number of benzene rings is 3. The van der Waals surface area contributed by atoms with Crippen molar-refractivity contribution in [3.63, 3.8) is 0 Å². The van der Waals surface area contributed by atoms with Crippen LogP contribution in [0.15, 0.2) is 82.9 Å². The summed E-state index contributed by atoms with van der Waals surface area (Å²) < 4.78 is 10.7. The molecule has 2 aliphatic heterocycles. The molecule has 0 fully saturated rings. The van der Waals surface area contributed by atoms with E-state index < -0.39 is 5.25 Å². The smallest absolute Gasteiger partial charge is 0.262 e. The number of methoxy groups -OCH3 is 1. The number of ether oxygens (including phenoxy) is 2. The zero-order valence-corrected chi connectivity index (χ0v) is 22.9. The van der Waals surface area contributed by atoms with Crippen LogP contribution < -0.4 is 14.8 Å². The van der Waals surface area contributed by atoms with E-state index in [-0.39, 0.29) is 24.3 Å². The lowest BCUT2D eigenvalue weighted by molar-refractivity contribution is -0.121. The summed E-state index contributed by atoms with van der Waals surface area (Å²) in [6, 6.07) is 23.1. The molecular weight excluding hydrogens is 512 g/mol.